The van der Waals surface area contributed by atoms with Crippen molar-refractivity contribution in [1.82, 2.24) is 14.7 Å². The fraction of sp³-hybridized carbons (Fsp3) is 0.368. The number of thiocarbonyl (C=S) groups is 1. The van der Waals surface area contributed by atoms with E-state index < -0.39 is 0 Å². The summed E-state index contributed by atoms with van der Waals surface area (Å²) in [7, 11) is 1.65. The van der Waals surface area contributed by atoms with E-state index in [9.17, 15) is 14.4 Å². The van der Waals surface area contributed by atoms with Crippen molar-refractivity contribution in [2.24, 2.45) is 0 Å². The van der Waals surface area contributed by atoms with Crippen molar-refractivity contribution in [3.63, 3.8) is 0 Å². The summed E-state index contributed by atoms with van der Waals surface area (Å²) >= 11 is 6.39. The SMILES string of the molecule is CCOC(=O)N1CCN(C(=O)c2ccc(/C=C3/SC(=S)N(C)C3=O)cc2)CC1. The van der Waals surface area contributed by atoms with Crippen LogP contribution in [0.4, 0.5) is 4.79 Å². The van der Waals surface area contributed by atoms with Crippen LogP contribution < -0.4 is 0 Å². The van der Waals surface area contributed by atoms with Crippen LogP contribution in [0.5, 0.6) is 0 Å². The van der Waals surface area contributed by atoms with Gasteiger partial charge in [-0.1, -0.05) is 36.1 Å². The van der Waals surface area contributed by atoms with E-state index in [2.05, 4.69) is 0 Å². The number of carbonyl (C=O) groups is 3. The van der Waals surface area contributed by atoms with Crippen LogP contribution in [-0.4, -0.2) is 76.8 Å². The molecule has 0 saturated carbocycles. The second-order valence-electron chi connectivity index (χ2n) is 6.34. The quantitative estimate of drug-likeness (QED) is 0.554. The number of hydrogen-bond acceptors (Lipinski definition) is 6. The molecule has 0 spiro atoms. The topological polar surface area (TPSA) is 70.2 Å². The number of amides is 3. The van der Waals surface area contributed by atoms with E-state index in [1.165, 1.54) is 16.7 Å². The molecule has 2 heterocycles. The first kappa shape index (κ1) is 20.3. The van der Waals surface area contributed by atoms with Crippen LogP contribution in [0.1, 0.15) is 22.8 Å². The summed E-state index contributed by atoms with van der Waals surface area (Å²) in [6.45, 7) is 3.97. The molecule has 148 valence electrons. The Kier molecular flexibility index (Phi) is 6.35. The van der Waals surface area contributed by atoms with Gasteiger partial charge in [-0.05, 0) is 30.7 Å². The van der Waals surface area contributed by atoms with E-state index in [4.69, 9.17) is 17.0 Å². The number of benzene rings is 1. The monoisotopic (exact) mass is 419 g/mol. The summed E-state index contributed by atoms with van der Waals surface area (Å²) < 4.78 is 5.52. The van der Waals surface area contributed by atoms with Gasteiger partial charge in [0.1, 0.15) is 4.32 Å². The zero-order chi connectivity index (χ0) is 20.3. The van der Waals surface area contributed by atoms with Gasteiger partial charge in [0.15, 0.2) is 0 Å². The number of rotatable bonds is 3. The molecule has 1 aromatic carbocycles. The van der Waals surface area contributed by atoms with Crippen LogP contribution in [0.2, 0.25) is 0 Å². The number of carbonyl (C=O) groups excluding carboxylic acids is 3. The first-order valence-corrected chi connectivity index (χ1v) is 10.2. The van der Waals surface area contributed by atoms with Gasteiger partial charge < -0.3 is 14.5 Å². The predicted molar refractivity (Wildman–Crippen MR) is 112 cm³/mol. The normalized spacial score (nSPS) is 18.8. The van der Waals surface area contributed by atoms with Gasteiger partial charge in [-0.15, -0.1) is 0 Å². The van der Waals surface area contributed by atoms with Crippen molar-refractivity contribution in [2.75, 3.05) is 39.8 Å². The zero-order valence-corrected chi connectivity index (χ0v) is 17.3. The first-order chi connectivity index (χ1) is 13.4. The Balaban J connectivity index is 1.61. The van der Waals surface area contributed by atoms with E-state index >= 15 is 0 Å². The molecule has 0 aliphatic carbocycles. The third kappa shape index (κ3) is 4.36. The maximum atomic E-state index is 12.7. The molecule has 3 amide bonds. The van der Waals surface area contributed by atoms with Gasteiger partial charge in [-0.2, -0.15) is 0 Å². The van der Waals surface area contributed by atoms with E-state index in [0.717, 1.165) is 5.56 Å². The predicted octanol–water partition coefficient (Wildman–Crippen LogP) is 2.43. The number of thioether (sulfide) groups is 1. The van der Waals surface area contributed by atoms with Crippen LogP contribution in [0.25, 0.3) is 6.08 Å². The minimum absolute atomic E-state index is 0.0741. The minimum atomic E-state index is -0.337. The molecule has 2 fully saturated rings. The standard InChI is InChI=1S/C19H21N3O4S2/c1-3-26-18(25)22-10-8-21(9-11-22)16(23)14-6-4-13(5-7-14)12-15-17(24)20(2)19(27)28-15/h4-7,12H,3,8-11H2,1-2H3/b15-12+. The van der Waals surface area contributed by atoms with Crippen molar-refractivity contribution in [3.05, 3.63) is 40.3 Å². The highest BCUT2D eigenvalue weighted by Crippen LogP contribution is 2.31. The lowest BCUT2D eigenvalue weighted by atomic mass is 10.1. The summed E-state index contributed by atoms with van der Waals surface area (Å²) in [5, 5.41) is 0. The Morgan fingerprint density at radius 2 is 1.75 bits per heavy atom. The molecule has 3 rings (SSSR count). The van der Waals surface area contributed by atoms with Gasteiger partial charge in [0.25, 0.3) is 11.8 Å². The molecular weight excluding hydrogens is 398 g/mol. The van der Waals surface area contributed by atoms with Crippen LogP contribution in [0, 0.1) is 0 Å². The number of likely N-dealkylation sites (N-methyl/N-ethyl adjacent to an activating group) is 1. The lowest BCUT2D eigenvalue weighted by Crippen LogP contribution is -2.50. The van der Waals surface area contributed by atoms with E-state index in [1.54, 1.807) is 42.0 Å². The van der Waals surface area contributed by atoms with Gasteiger partial charge in [0.2, 0.25) is 0 Å². The maximum Gasteiger partial charge on any atom is 0.409 e. The molecule has 2 aliphatic rings. The summed E-state index contributed by atoms with van der Waals surface area (Å²) in [5.41, 5.74) is 1.41. The Hall–Kier alpha value is -2.39. The molecule has 7 nitrogen and oxygen atoms in total. The molecule has 9 heteroatoms. The Morgan fingerprint density at radius 3 is 2.29 bits per heavy atom. The number of piperazine rings is 1. The van der Waals surface area contributed by atoms with Crippen LogP contribution >= 0.6 is 24.0 Å². The van der Waals surface area contributed by atoms with Crippen molar-refractivity contribution in [1.29, 1.82) is 0 Å². The molecule has 0 aromatic heterocycles. The molecule has 0 radical (unpaired) electrons. The summed E-state index contributed by atoms with van der Waals surface area (Å²) in [4.78, 5) is 41.9. The summed E-state index contributed by atoms with van der Waals surface area (Å²) in [6, 6.07) is 7.12. The van der Waals surface area contributed by atoms with Crippen LogP contribution in [0.15, 0.2) is 29.2 Å². The van der Waals surface area contributed by atoms with E-state index in [-0.39, 0.29) is 17.9 Å². The second-order valence-corrected chi connectivity index (χ2v) is 8.02. The number of hydrogen-bond donors (Lipinski definition) is 0. The van der Waals surface area contributed by atoms with E-state index in [0.29, 0.717) is 47.6 Å². The second kappa shape index (κ2) is 8.74. The molecule has 2 saturated heterocycles. The summed E-state index contributed by atoms with van der Waals surface area (Å²) in [6.07, 6.45) is 1.44. The van der Waals surface area contributed by atoms with Gasteiger partial charge in [0.05, 0.1) is 11.5 Å². The third-order valence-electron chi connectivity index (χ3n) is 4.53. The Bertz CT molecular complexity index is 830. The number of nitrogens with zero attached hydrogens (tertiary/aromatic N) is 3. The Morgan fingerprint density at radius 1 is 1.14 bits per heavy atom. The van der Waals surface area contributed by atoms with Crippen LogP contribution in [-0.2, 0) is 9.53 Å². The molecule has 0 atom stereocenters. The third-order valence-corrected chi connectivity index (χ3v) is 6.02. The van der Waals surface area contributed by atoms with Crippen molar-refractivity contribution >= 4 is 52.3 Å². The first-order valence-electron chi connectivity index (χ1n) is 8.93. The van der Waals surface area contributed by atoms with Gasteiger partial charge in [0, 0.05) is 38.8 Å². The van der Waals surface area contributed by atoms with Gasteiger partial charge >= 0.3 is 6.09 Å². The highest BCUT2D eigenvalue weighted by atomic mass is 32.2. The average Bonchev–Trinajstić information content (AvgIpc) is 2.95. The fourth-order valence-electron chi connectivity index (χ4n) is 2.91. The smallest absolute Gasteiger partial charge is 0.409 e. The zero-order valence-electron chi connectivity index (χ0n) is 15.7. The lowest BCUT2D eigenvalue weighted by Gasteiger charge is -2.34. The average molecular weight is 420 g/mol. The van der Waals surface area contributed by atoms with Gasteiger partial charge in [-0.3, -0.25) is 14.5 Å². The summed E-state index contributed by atoms with van der Waals surface area (Å²) in [5.74, 6) is -0.190. The molecule has 0 unspecified atom stereocenters. The lowest BCUT2D eigenvalue weighted by molar-refractivity contribution is -0.121. The van der Waals surface area contributed by atoms with Gasteiger partial charge in [-0.25, -0.2) is 4.79 Å². The van der Waals surface area contributed by atoms with Crippen molar-refractivity contribution < 1.29 is 19.1 Å². The van der Waals surface area contributed by atoms with Crippen LogP contribution in [0.3, 0.4) is 0 Å². The largest absolute Gasteiger partial charge is 0.450 e. The molecule has 1 aromatic rings. The molecule has 0 bridgehead atoms. The fourth-order valence-corrected chi connectivity index (χ4v) is 4.09. The Labute approximate surface area is 173 Å². The molecular formula is C19H21N3O4S2. The molecule has 28 heavy (non-hydrogen) atoms. The molecule has 0 N–H and O–H groups in total. The van der Waals surface area contributed by atoms with Crippen molar-refractivity contribution in [3.8, 4) is 0 Å². The number of ether oxygens (including phenoxy) is 1. The minimum Gasteiger partial charge on any atom is -0.450 e. The maximum absolute atomic E-state index is 12.7. The van der Waals surface area contributed by atoms with E-state index in [1.807, 2.05) is 12.1 Å². The van der Waals surface area contributed by atoms with Crippen molar-refractivity contribution in [2.45, 2.75) is 6.92 Å². The highest BCUT2D eigenvalue weighted by molar-refractivity contribution is 8.26. The highest BCUT2D eigenvalue weighted by Gasteiger charge is 2.29. The molecule has 2 aliphatic heterocycles.